The van der Waals surface area contributed by atoms with Crippen LogP contribution in [0.15, 0.2) is 175 Å². The highest BCUT2D eigenvalue weighted by Gasteiger charge is 2.27. The summed E-state index contributed by atoms with van der Waals surface area (Å²) in [5.74, 6) is 0. The van der Waals surface area contributed by atoms with Gasteiger partial charge >= 0.3 is 0 Å². The fraction of sp³-hybridized carbons (Fsp3) is 0.130. The summed E-state index contributed by atoms with van der Waals surface area (Å²) in [5, 5.41) is 49.6. The summed E-state index contributed by atoms with van der Waals surface area (Å²) in [5.41, 5.74) is 15.0. The van der Waals surface area contributed by atoms with Crippen molar-refractivity contribution in [1.29, 1.82) is 21.0 Å². The number of benzene rings is 6. The highest BCUT2D eigenvalue weighted by molar-refractivity contribution is 6.14. The van der Waals surface area contributed by atoms with Crippen LogP contribution >= 0.6 is 0 Å². The van der Waals surface area contributed by atoms with Crippen LogP contribution < -0.4 is 10.6 Å². The van der Waals surface area contributed by atoms with Crippen molar-refractivity contribution in [2.45, 2.75) is 59.8 Å². The van der Waals surface area contributed by atoms with Crippen LogP contribution in [0.2, 0.25) is 0 Å². The molecule has 0 saturated heterocycles. The molecule has 6 aromatic carbocycles. The van der Waals surface area contributed by atoms with Crippen molar-refractivity contribution >= 4 is 90.2 Å². The Kier molecular flexibility index (Phi) is 13.2. The maximum Gasteiger partial charge on any atom is 0.101 e. The maximum atomic E-state index is 10.7. The summed E-state index contributed by atoms with van der Waals surface area (Å²) in [6.45, 7) is 12.2. The lowest BCUT2D eigenvalue weighted by Crippen LogP contribution is -2.30. The number of para-hydroxylation sites is 4. The number of hydrogen-bond donors (Lipinski definition) is 0. The Balaban J connectivity index is 1.15. The van der Waals surface area contributed by atoms with Crippen molar-refractivity contribution in [2.24, 2.45) is 0 Å². The Bertz CT molecular complexity index is 4540. The lowest BCUT2D eigenvalue weighted by molar-refractivity contribution is 0.846. The molecule has 0 aliphatic heterocycles. The van der Waals surface area contributed by atoms with Gasteiger partial charge in [-0.15, -0.1) is 0 Å². The molecule has 0 radical (unpaired) electrons. The Morgan fingerprint density at radius 2 is 1.22 bits per heavy atom. The van der Waals surface area contributed by atoms with Crippen LogP contribution in [0.25, 0.3) is 102 Å². The SMILES string of the molecule is C=C/C=c1\c(=C/CC)c2c(n1-c1cc(C#N)c(C#N)cc1-n1c3ccccc3c3cc(Cc4c(CCC)n(C(=C/C(C#N)=C(\C)C#N)/C(=C\C)n5c6ccccc6c6ccccc65)c5ccccc45)ccc31)C=CCC=C2. The Morgan fingerprint density at radius 3 is 1.82 bits per heavy atom. The molecule has 0 atom stereocenters. The predicted octanol–water partition coefficient (Wildman–Crippen LogP) is 15.3. The summed E-state index contributed by atoms with van der Waals surface area (Å²) in [6.07, 6.45) is 22.6. The maximum absolute atomic E-state index is 10.7. The fourth-order valence-electron chi connectivity index (χ4n) is 11.7. The molecule has 4 heterocycles. The van der Waals surface area contributed by atoms with E-state index >= 15 is 0 Å². The van der Waals surface area contributed by atoms with Crippen LogP contribution in [0, 0.1) is 45.3 Å². The minimum Gasteiger partial charge on any atom is -0.311 e. The van der Waals surface area contributed by atoms with Gasteiger partial charge in [0.1, 0.15) is 18.2 Å². The second-order valence-electron chi connectivity index (χ2n) is 19.3. The first-order chi connectivity index (χ1) is 37.8. The second-order valence-corrected chi connectivity index (χ2v) is 19.3. The van der Waals surface area contributed by atoms with Gasteiger partial charge in [0.25, 0.3) is 0 Å². The van der Waals surface area contributed by atoms with Crippen molar-refractivity contribution in [3.63, 3.8) is 0 Å². The molecule has 0 bridgehead atoms. The number of aromatic nitrogens is 4. The number of rotatable bonds is 12. The molecule has 1 aliphatic carbocycles. The zero-order valence-corrected chi connectivity index (χ0v) is 43.6. The summed E-state index contributed by atoms with van der Waals surface area (Å²) in [4.78, 5) is 0. The smallest absolute Gasteiger partial charge is 0.101 e. The zero-order valence-electron chi connectivity index (χ0n) is 43.6. The number of hydrogen-bond acceptors (Lipinski definition) is 4. The van der Waals surface area contributed by atoms with E-state index < -0.39 is 0 Å². The van der Waals surface area contributed by atoms with Crippen molar-refractivity contribution in [1.82, 2.24) is 18.3 Å². The highest BCUT2D eigenvalue weighted by atomic mass is 15.1. The molecule has 10 aromatic rings. The molecule has 0 amide bonds. The Hall–Kier alpha value is -10.1. The van der Waals surface area contributed by atoms with Crippen LogP contribution in [0.3, 0.4) is 0 Å². The minimum absolute atomic E-state index is 0.296. The topological polar surface area (TPSA) is 115 Å². The molecule has 4 aromatic heterocycles. The van der Waals surface area contributed by atoms with Gasteiger partial charge in [0.2, 0.25) is 0 Å². The van der Waals surface area contributed by atoms with Crippen molar-refractivity contribution < 1.29 is 0 Å². The van der Waals surface area contributed by atoms with E-state index in [4.69, 9.17) is 0 Å². The molecule has 0 saturated carbocycles. The van der Waals surface area contributed by atoms with Crippen molar-refractivity contribution in [3.8, 4) is 35.7 Å². The summed E-state index contributed by atoms with van der Waals surface area (Å²) < 4.78 is 9.11. The number of fused-ring (bicyclic) bond motifs is 8. The van der Waals surface area contributed by atoms with Crippen molar-refractivity contribution in [2.75, 3.05) is 0 Å². The van der Waals surface area contributed by atoms with Gasteiger partial charge in [-0.25, -0.2) is 0 Å². The third-order valence-corrected chi connectivity index (χ3v) is 14.9. The van der Waals surface area contributed by atoms with Crippen LogP contribution in [0.1, 0.15) is 86.2 Å². The zero-order chi connectivity index (χ0) is 53.3. The lowest BCUT2D eigenvalue weighted by atomic mass is 9.98. The third-order valence-electron chi connectivity index (χ3n) is 14.9. The van der Waals surface area contributed by atoms with Gasteiger partial charge in [-0.3, -0.25) is 0 Å². The average Bonchev–Trinajstić information content (AvgIpc) is 4.16. The molecule has 77 heavy (non-hydrogen) atoms. The lowest BCUT2D eigenvalue weighted by Gasteiger charge is -2.21. The molecule has 370 valence electrons. The number of allylic oxidation sites excluding steroid dienone is 9. The molecule has 1 aliphatic rings. The molecule has 0 fully saturated rings. The number of nitrogens with zero attached hydrogens (tertiary/aromatic N) is 8. The van der Waals surface area contributed by atoms with Crippen LogP contribution in [-0.4, -0.2) is 18.3 Å². The first-order valence-electron chi connectivity index (χ1n) is 26.2. The average molecular weight is 995 g/mol. The molecular formula is C69H54N8. The highest BCUT2D eigenvalue weighted by Crippen LogP contribution is 2.42. The van der Waals surface area contributed by atoms with Gasteiger partial charge in [0, 0.05) is 49.0 Å². The van der Waals surface area contributed by atoms with Gasteiger partial charge in [-0.2, -0.15) is 21.0 Å². The molecule has 11 rings (SSSR count). The Labute approximate surface area is 448 Å². The van der Waals surface area contributed by atoms with Crippen LogP contribution in [0.5, 0.6) is 0 Å². The number of nitriles is 4. The van der Waals surface area contributed by atoms with E-state index in [1.54, 1.807) is 6.92 Å². The van der Waals surface area contributed by atoms with E-state index in [2.05, 4.69) is 209 Å². The molecular weight excluding hydrogens is 941 g/mol. The molecule has 0 unspecified atom stereocenters. The van der Waals surface area contributed by atoms with E-state index in [-0.39, 0.29) is 0 Å². The molecule has 8 nitrogen and oxygen atoms in total. The van der Waals surface area contributed by atoms with Crippen LogP contribution in [0.4, 0.5) is 0 Å². The van der Waals surface area contributed by atoms with Crippen molar-refractivity contribution in [3.05, 3.63) is 225 Å². The predicted molar refractivity (Wildman–Crippen MR) is 317 cm³/mol. The summed E-state index contributed by atoms with van der Waals surface area (Å²) in [7, 11) is 0. The molecule has 0 spiro atoms. The molecule has 8 heteroatoms. The summed E-state index contributed by atoms with van der Waals surface area (Å²) >= 11 is 0. The first kappa shape index (κ1) is 49.1. The van der Waals surface area contributed by atoms with Gasteiger partial charge in [0.05, 0.1) is 84.2 Å². The van der Waals surface area contributed by atoms with E-state index in [0.717, 1.165) is 136 Å². The van der Waals surface area contributed by atoms with E-state index in [9.17, 15) is 21.0 Å². The fourth-order valence-corrected chi connectivity index (χ4v) is 11.7. The van der Waals surface area contributed by atoms with Crippen LogP contribution in [-0.2, 0) is 12.8 Å². The normalized spacial score (nSPS) is 13.5. The largest absolute Gasteiger partial charge is 0.311 e. The first-order valence-corrected chi connectivity index (χ1v) is 26.2. The third kappa shape index (κ3) is 8.13. The standard InChI is InChI=1S/C69H54N8/c1-6-21-50-51-24-11-10-12-29-63(51)75(59(50)22-7-2)68-39-48(43-72)49(44-73)40-69(68)77-65-33-20-16-28-55(65)57-37-46(34-35-66(57)77)36-56-54-27-15-19-32-64(54)76(60(56)23-8-3)67(38-47(42-71)45(5)41-70)58(9-4)74-61-30-17-13-25-52(61)53-26-14-18-31-62(53)74/h7,9,11-22,24-35,37-40H,2,6,8,10,23,36H2,1,3-5H3/b47-45-,50-21-,58-9+,59-22+,67-38+. The van der Waals surface area contributed by atoms with Gasteiger partial charge in [0.15, 0.2) is 0 Å². The minimum atomic E-state index is 0.296. The van der Waals surface area contributed by atoms with Gasteiger partial charge in [-0.05, 0) is 117 Å². The quantitative estimate of drug-likeness (QED) is 0.0895. The second kappa shape index (κ2) is 20.7. The molecule has 0 N–H and O–H groups in total. The van der Waals surface area contributed by atoms with E-state index in [1.807, 2.05) is 43.4 Å². The van der Waals surface area contributed by atoms with E-state index in [1.165, 1.54) is 5.56 Å². The Morgan fingerprint density at radius 1 is 0.636 bits per heavy atom. The summed E-state index contributed by atoms with van der Waals surface area (Å²) in [6, 6.07) is 53.6. The monoisotopic (exact) mass is 994 g/mol. The van der Waals surface area contributed by atoms with Gasteiger partial charge < -0.3 is 18.3 Å². The van der Waals surface area contributed by atoms with Gasteiger partial charge in [-0.1, -0.05) is 142 Å². The van der Waals surface area contributed by atoms with E-state index in [0.29, 0.717) is 28.7 Å².